The lowest BCUT2D eigenvalue weighted by Crippen LogP contribution is -2.23. The summed E-state index contributed by atoms with van der Waals surface area (Å²) in [5, 5.41) is 1.24. The zero-order valence-corrected chi connectivity index (χ0v) is 7.09. The van der Waals surface area contributed by atoms with Gasteiger partial charge in [0.1, 0.15) is 0 Å². The first-order valence-electron chi connectivity index (χ1n) is 3.24. The topological polar surface area (TPSA) is 12.4 Å². The molecule has 0 saturated heterocycles. The van der Waals surface area contributed by atoms with Crippen LogP contribution in [-0.2, 0) is 0 Å². The minimum Gasteiger partial charge on any atom is -0.283 e. The molecule has 0 saturated carbocycles. The van der Waals surface area contributed by atoms with Gasteiger partial charge in [-0.15, -0.1) is 11.8 Å². The van der Waals surface area contributed by atoms with Gasteiger partial charge < -0.3 is 0 Å². The van der Waals surface area contributed by atoms with Gasteiger partial charge in [0.2, 0.25) is 0 Å². The first kappa shape index (κ1) is 7.13. The van der Waals surface area contributed by atoms with Crippen LogP contribution < -0.4 is 0 Å². The first-order valence-corrected chi connectivity index (χ1v) is 4.23. The number of aliphatic imine (C=N–C) groups is 1. The SMILES string of the molecule is CC1=NCC(C)(C)CS1. The Kier molecular flexibility index (Phi) is 1.85. The van der Waals surface area contributed by atoms with Crippen LogP contribution in [-0.4, -0.2) is 17.3 Å². The van der Waals surface area contributed by atoms with Gasteiger partial charge in [-0.3, -0.25) is 4.99 Å². The number of rotatable bonds is 0. The molecule has 1 heterocycles. The molecule has 0 aliphatic carbocycles. The molecule has 0 radical (unpaired) electrons. The highest BCUT2D eigenvalue weighted by atomic mass is 32.2. The summed E-state index contributed by atoms with van der Waals surface area (Å²) in [6.07, 6.45) is 0. The van der Waals surface area contributed by atoms with Crippen molar-refractivity contribution in [3.8, 4) is 0 Å². The van der Waals surface area contributed by atoms with Gasteiger partial charge in [0.25, 0.3) is 0 Å². The molecule has 0 bridgehead atoms. The molecule has 9 heavy (non-hydrogen) atoms. The van der Waals surface area contributed by atoms with Crippen molar-refractivity contribution in [2.75, 3.05) is 12.3 Å². The molecule has 52 valence electrons. The zero-order chi connectivity index (χ0) is 6.91. The lowest BCUT2D eigenvalue weighted by Gasteiger charge is -2.25. The second kappa shape index (κ2) is 2.33. The molecular weight excluding hydrogens is 130 g/mol. The molecular formula is C7H13NS. The van der Waals surface area contributed by atoms with Gasteiger partial charge in [0.05, 0.1) is 5.04 Å². The van der Waals surface area contributed by atoms with Crippen molar-refractivity contribution in [3.05, 3.63) is 0 Å². The second-order valence-electron chi connectivity index (χ2n) is 3.29. The van der Waals surface area contributed by atoms with Crippen molar-refractivity contribution < 1.29 is 0 Å². The van der Waals surface area contributed by atoms with Crippen molar-refractivity contribution >= 4 is 16.8 Å². The minimum atomic E-state index is 0.435. The average Bonchev–Trinajstić information content (AvgIpc) is 1.78. The highest BCUT2D eigenvalue weighted by Crippen LogP contribution is 2.27. The fourth-order valence-corrected chi connectivity index (χ4v) is 1.56. The molecule has 0 spiro atoms. The van der Waals surface area contributed by atoms with Gasteiger partial charge in [-0.05, 0) is 12.3 Å². The maximum atomic E-state index is 4.36. The van der Waals surface area contributed by atoms with Crippen molar-refractivity contribution in [2.45, 2.75) is 20.8 Å². The fourth-order valence-electron chi connectivity index (χ4n) is 0.716. The maximum Gasteiger partial charge on any atom is 0.0645 e. The van der Waals surface area contributed by atoms with E-state index in [0.717, 1.165) is 6.54 Å². The summed E-state index contributed by atoms with van der Waals surface area (Å²) >= 11 is 1.87. The van der Waals surface area contributed by atoms with Crippen LogP contribution in [0, 0.1) is 5.41 Å². The zero-order valence-electron chi connectivity index (χ0n) is 6.27. The number of hydrogen-bond donors (Lipinski definition) is 0. The second-order valence-corrected chi connectivity index (χ2v) is 4.46. The molecule has 2 heteroatoms. The van der Waals surface area contributed by atoms with Crippen LogP contribution in [0.3, 0.4) is 0 Å². The van der Waals surface area contributed by atoms with Gasteiger partial charge in [0.15, 0.2) is 0 Å². The van der Waals surface area contributed by atoms with E-state index in [1.807, 2.05) is 11.8 Å². The Labute approximate surface area is 60.9 Å². The van der Waals surface area contributed by atoms with Crippen LogP contribution in [0.4, 0.5) is 0 Å². The highest BCUT2D eigenvalue weighted by Gasteiger charge is 2.21. The standard InChI is InChI=1S/C7H13NS/c1-6-8-4-7(2,3)5-9-6/h4-5H2,1-3H3. The predicted molar refractivity (Wildman–Crippen MR) is 44.2 cm³/mol. The quantitative estimate of drug-likeness (QED) is 0.506. The van der Waals surface area contributed by atoms with Gasteiger partial charge in [-0.1, -0.05) is 13.8 Å². The number of hydrogen-bond acceptors (Lipinski definition) is 2. The molecule has 0 atom stereocenters. The molecule has 0 unspecified atom stereocenters. The fraction of sp³-hybridized carbons (Fsp3) is 0.857. The lowest BCUT2D eigenvalue weighted by atomic mass is 9.97. The molecule has 1 aliphatic rings. The number of nitrogens with zero attached hydrogens (tertiary/aromatic N) is 1. The summed E-state index contributed by atoms with van der Waals surface area (Å²) in [6, 6.07) is 0. The maximum absolute atomic E-state index is 4.36. The Hall–Kier alpha value is 0.0200. The van der Waals surface area contributed by atoms with E-state index in [1.54, 1.807) is 0 Å². The van der Waals surface area contributed by atoms with Crippen molar-refractivity contribution in [3.63, 3.8) is 0 Å². The Morgan fingerprint density at radius 1 is 1.56 bits per heavy atom. The molecule has 0 fully saturated rings. The monoisotopic (exact) mass is 143 g/mol. The minimum absolute atomic E-state index is 0.435. The lowest BCUT2D eigenvalue weighted by molar-refractivity contribution is 0.438. The summed E-state index contributed by atoms with van der Waals surface area (Å²) in [4.78, 5) is 4.36. The van der Waals surface area contributed by atoms with E-state index >= 15 is 0 Å². The highest BCUT2D eigenvalue weighted by molar-refractivity contribution is 8.13. The van der Waals surface area contributed by atoms with Crippen molar-refractivity contribution in [2.24, 2.45) is 10.4 Å². The van der Waals surface area contributed by atoms with Crippen LogP contribution >= 0.6 is 11.8 Å². The van der Waals surface area contributed by atoms with Gasteiger partial charge in [-0.25, -0.2) is 0 Å². The predicted octanol–water partition coefficient (Wildman–Crippen LogP) is 2.18. The van der Waals surface area contributed by atoms with Gasteiger partial charge in [-0.2, -0.15) is 0 Å². The van der Waals surface area contributed by atoms with E-state index in [4.69, 9.17) is 0 Å². The van der Waals surface area contributed by atoms with Gasteiger partial charge in [0, 0.05) is 12.3 Å². The van der Waals surface area contributed by atoms with Crippen molar-refractivity contribution in [1.82, 2.24) is 0 Å². The van der Waals surface area contributed by atoms with Crippen LogP contribution in [0.2, 0.25) is 0 Å². The Bertz CT molecular complexity index is 138. The Morgan fingerprint density at radius 3 is 2.56 bits per heavy atom. The molecule has 0 aromatic heterocycles. The summed E-state index contributed by atoms with van der Waals surface area (Å²) in [7, 11) is 0. The third kappa shape index (κ3) is 2.01. The average molecular weight is 143 g/mol. The third-order valence-electron chi connectivity index (χ3n) is 1.40. The van der Waals surface area contributed by atoms with Crippen molar-refractivity contribution in [1.29, 1.82) is 0 Å². The summed E-state index contributed by atoms with van der Waals surface area (Å²) in [6.45, 7) is 7.61. The van der Waals surface area contributed by atoms with Crippen LogP contribution in [0.15, 0.2) is 4.99 Å². The molecule has 0 aromatic rings. The molecule has 0 N–H and O–H groups in total. The van der Waals surface area contributed by atoms with E-state index in [9.17, 15) is 0 Å². The first-order chi connectivity index (χ1) is 4.10. The normalized spacial score (nSPS) is 25.4. The smallest absolute Gasteiger partial charge is 0.0645 e. The molecule has 1 rings (SSSR count). The summed E-state index contributed by atoms with van der Waals surface area (Å²) < 4.78 is 0. The van der Waals surface area contributed by atoms with E-state index in [0.29, 0.717) is 5.41 Å². The molecule has 0 aromatic carbocycles. The Balaban J connectivity index is 2.56. The van der Waals surface area contributed by atoms with Crippen LogP contribution in [0.1, 0.15) is 20.8 Å². The van der Waals surface area contributed by atoms with E-state index in [1.165, 1.54) is 10.8 Å². The van der Waals surface area contributed by atoms with Crippen LogP contribution in [0.25, 0.3) is 0 Å². The molecule has 0 amide bonds. The summed E-state index contributed by atoms with van der Waals surface area (Å²) in [5.41, 5.74) is 0.435. The van der Waals surface area contributed by atoms with Crippen LogP contribution in [0.5, 0.6) is 0 Å². The third-order valence-corrected chi connectivity index (χ3v) is 2.87. The van der Waals surface area contributed by atoms with E-state index in [-0.39, 0.29) is 0 Å². The number of thioether (sulfide) groups is 1. The Morgan fingerprint density at radius 2 is 2.22 bits per heavy atom. The molecule has 1 aliphatic heterocycles. The van der Waals surface area contributed by atoms with E-state index < -0.39 is 0 Å². The summed E-state index contributed by atoms with van der Waals surface area (Å²) in [5.74, 6) is 1.22. The van der Waals surface area contributed by atoms with E-state index in [2.05, 4.69) is 25.8 Å². The molecule has 1 nitrogen and oxygen atoms in total. The largest absolute Gasteiger partial charge is 0.283 e. The van der Waals surface area contributed by atoms with Gasteiger partial charge >= 0.3 is 0 Å².